The number of benzene rings is 1. The van der Waals surface area contributed by atoms with E-state index in [1.54, 1.807) is 0 Å². The summed E-state index contributed by atoms with van der Waals surface area (Å²) in [6.45, 7) is 18.2. The van der Waals surface area contributed by atoms with Crippen molar-refractivity contribution in [1.82, 2.24) is 5.32 Å². The number of hydrogen-bond acceptors (Lipinski definition) is 4. The molecule has 11 atom stereocenters. The van der Waals surface area contributed by atoms with E-state index in [2.05, 4.69) is 53.8 Å². The van der Waals surface area contributed by atoms with Gasteiger partial charge < -0.3 is 15.5 Å². The van der Waals surface area contributed by atoms with Crippen molar-refractivity contribution < 1.29 is 24.6 Å². The molecule has 5 aliphatic rings. The summed E-state index contributed by atoms with van der Waals surface area (Å²) in [5.74, 6) is -0.110. The van der Waals surface area contributed by atoms with Gasteiger partial charge in [-0.05, 0) is 108 Å². The molecule has 6 heteroatoms. The van der Waals surface area contributed by atoms with Crippen LogP contribution < -0.4 is 5.32 Å². The van der Waals surface area contributed by atoms with Crippen LogP contribution in [0.4, 0.5) is 0 Å². The first-order valence-electron chi connectivity index (χ1n) is 17.8. The zero-order valence-corrected chi connectivity index (χ0v) is 29.4. The van der Waals surface area contributed by atoms with Crippen LogP contribution in [0.3, 0.4) is 0 Å². The molecule has 0 saturated heterocycles. The SMILES string of the molecule is C[C@H]1C[C@@]2(C)CC[C@](C)(C(=O)N[C@H](Cc3ccccc3)C(=O)O)C[C@@]2(C)C2=CC(=O)[C@@H]3[C@@](C)(CC[C@H]4C(C)(C)[C@H](O)CC[C@]34C)[C@H]21. The average molecular weight is 632 g/mol. The van der Waals surface area contributed by atoms with E-state index in [9.17, 15) is 24.6 Å². The molecule has 0 aliphatic heterocycles. The largest absolute Gasteiger partial charge is 0.480 e. The van der Waals surface area contributed by atoms with Crippen molar-refractivity contribution in [3.63, 3.8) is 0 Å². The fourth-order valence-electron chi connectivity index (χ4n) is 12.7. The standard InChI is InChI=1S/C40H57NO5/c1-24-22-37(5)19-18-36(4,34(46)41-27(33(44)45)20-25-12-10-9-11-13-25)23-40(37,8)26-21-28(42)32-38(6)17-15-30(43)35(2,3)29(38)14-16-39(32,7)31(24)26/h9-13,21,24,27,29-32,43H,14-20,22-23H2,1-8H3,(H,41,46)(H,44,45)/t24-,27+,29-,30+,31-,32-,36-,37+,38-,39-,40-/m0/s1. The maximum atomic E-state index is 14.7. The molecular formula is C40H57NO5. The van der Waals surface area contributed by atoms with Gasteiger partial charge in [-0.25, -0.2) is 4.79 Å². The van der Waals surface area contributed by atoms with Gasteiger partial charge in [-0.2, -0.15) is 0 Å². The number of nitrogens with one attached hydrogen (secondary N) is 1. The second kappa shape index (κ2) is 10.8. The number of carboxylic acid groups (broad SMARTS) is 1. The van der Waals surface area contributed by atoms with E-state index < -0.39 is 17.4 Å². The monoisotopic (exact) mass is 631 g/mol. The minimum absolute atomic E-state index is 0.0632. The smallest absolute Gasteiger partial charge is 0.326 e. The molecule has 0 aromatic heterocycles. The normalized spacial score (nSPS) is 45.2. The summed E-state index contributed by atoms with van der Waals surface area (Å²) in [5, 5.41) is 24.0. The van der Waals surface area contributed by atoms with E-state index in [4.69, 9.17) is 0 Å². The lowest BCUT2D eigenvalue weighted by Crippen LogP contribution is -2.66. The molecule has 4 fully saturated rings. The molecular weight excluding hydrogens is 574 g/mol. The van der Waals surface area contributed by atoms with Gasteiger partial charge >= 0.3 is 5.97 Å². The van der Waals surface area contributed by atoms with Gasteiger partial charge in [0.2, 0.25) is 5.91 Å². The Hall–Kier alpha value is -2.47. The summed E-state index contributed by atoms with van der Waals surface area (Å²) in [7, 11) is 0. The topological polar surface area (TPSA) is 104 Å². The van der Waals surface area contributed by atoms with Crippen LogP contribution in [-0.4, -0.2) is 40.0 Å². The molecule has 0 spiro atoms. The summed E-state index contributed by atoms with van der Waals surface area (Å²) < 4.78 is 0. The highest BCUT2D eigenvalue weighted by Crippen LogP contribution is 2.75. The number of allylic oxidation sites excluding steroid dienone is 2. The van der Waals surface area contributed by atoms with Crippen molar-refractivity contribution in [3.05, 3.63) is 47.5 Å². The Morgan fingerprint density at radius 2 is 1.59 bits per heavy atom. The fourth-order valence-corrected chi connectivity index (χ4v) is 12.7. The van der Waals surface area contributed by atoms with Gasteiger partial charge in [-0.1, -0.05) is 91.3 Å². The molecule has 1 amide bonds. The molecule has 0 radical (unpaired) electrons. The Kier molecular flexibility index (Phi) is 7.83. The number of carbonyl (C=O) groups is 3. The van der Waals surface area contributed by atoms with Gasteiger partial charge in [-0.3, -0.25) is 9.59 Å². The molecule has 0 unspecified atom stereocenters. The third-order valence-corrected chi connectivity index (χ3v) is 15.1. The lowest BCUT2D eigenvalue weighted by atomic mass is 9.33. The molecule has 252 valence electrons. The number of fused-ring (bicyclic) bond motifs is 7. The second-order valence-electron chi connectivity index (χ2n) is 18.3. The number of hydrogen-bond donors (Lipinski definition) is 3. The van der Waals surface area contributed by atoms with Crippen molar-refractivity contribution in [2.24, 2.45) is 56.2 Å². The van der Waals surface area contributed by atoms with Crippen LogP contribution in [0.15, 0.2) is 42.0 Å². The summed E-state index contributed by atoms with van der Waals surface area (Å²) in [5.41, 5.74) is 0.360. The maximum absolute atomic E-state index is 14.7. The van der Waals surface area contributed by atoms with Crippen molar-refractivity contribution in [2.75, 3.05) is 0 Å². The number of aliphatic carboxylic acids is 1. The number of amides is 1. The number of rotatable bonds is 5. The van der Waals surface area contributed by atoms with Crippen LogP contribution in [0.1, 0.15) is 112 Å². The molecule has 5 aliphatic carbocycles. The van der Waals surface area contributed by atoms with E-state index >= 15 is 0 Å². The van der Waals surface area contributed by atoms with Crippen LogP contribution in [-0.2, 0) is 20.8 Å². The molecule has 6 rings (SSSR count). The summed E-state index contributed by atoms with van der Waals surface area (Å²) in [6.07, 6.45) is 8.73. The van der Waals surface area contributed by atoms with E-state index in [0.29, 0.717) is 24.7 Å². The first kappa shape index (κ1) is 33.4. The van der Waals surface area contributed by atoms with Crippen LogP contribution >= 0.6 is 0 Å². The first-order valence-corrected chi connectivity index (χ1v) is 17.8. The Labute approximate surface area is 276 Å². The zero-order chi connectivity index (χ0) is 33.7. The van der Waals surface area contributed by atoms with Crippen molar-refractivity contribution >= 4 is 17.7 Å². The summed E-state index contributed by atoms with van der Waals surface area (Å²) >= 11 is 0. The van der Waals surface area contributed by atoms with Crippen molar-refractivity contribution in [1.29, 1.82) is 0 Å². The Morgan fingerprint density at radius 3 is 2.24 bits per heavy atom. The number of carbonyl (C=O) groups excluding carboxylic acids is 2. The van der Waals surface area contributed by atoms with Crippen LogP contribution in [0.5, 0.6) is 0 Å². The van der Waals surface area contributed by atoms with E-state index in [1.807, 2.05) is 43.3 Å². The molecule has 0 bridgehead atoms. The molecule has 46 heavy (non-hydrogen) atoms. The predicted octanol–water partition coefficient (Wildman–Crippen LogP) is 7.39. The number of aliphatic hydroxyl groups is 1. The third-order valence-electron chi connectivity index (χ3n) is 15.1. The van der Waals surface area contributed by atoms with Crippen LogP contribution in [0.25, 0.3) is 0 Å². The van der Waals surface area contributed by atoms with Gasteiger partial charge in [0.25, 0.3) is 0 Å². The fraction of sp³-hybridized carbons (Fsp3) is 0.725. The zero-order valence-electron chi connectivity index (χ0n) is 29.4. The van der Waals surface area contributed by atoms with Crippen molar-refractivity contribution in [3.8, 4) is 0 Å². The lowest BCUT2D eigenvalue weighted by Gasteiger charge is -2.70. The van der Waals surface area contributed by atoms with Crippen LogP contribution in [0, 0.1) is 56.2 Å². The van der Waals surface area contributed by atoms with E-state index in [1.165, 1.54) is 5.57 Å². The second-order valence-corrected chi connectivity index (χ2v) is 18.3. The minimum atomic E-state index is -1.03. The summed E-state index contributed by atoms with van der Waals surface area (Å²) in [4.78, 5) is 41.1. The number of aliphatic hydroxyl groups excluding tert-OH is 1. The molecule has 6 nitrogen and oxygen atoms in total. The van der Waals surface area contributed by atoms with Gasteiger partial charge in [0.05, 0.1) is 6.10 Å². The van der Waals surface area contributed by atoms with Gasteiger partial charge in [0.15, 0.2) is 5.78 Å². The summed E-state index contributed by atoms with van der Waals surface area (Å²) in [6, 6.07) is 8.45. The number of ketones is 1. The van der Waals surface area contributed by atoms with Gasteiger partial charge in [0, 0.05) is 17.8 Å². The molecule has 0 heterocycles. The Morgan fingerprint density at radius 1 is 0.935 bits per heavy atom. The highest BCUT2D eigenvalue weighted by atomic mass is 16.4. The maximum Gasteiger partial charge on any atom is 0.326 e. The predicted molar refractivity (Wildman–Crippen MR) is 180 cm³/mol. The molecule has 3 N–H and O–H groups in total. The third kappa shape index (κ3) is 4.70. The Balaban J connectivity index is 1.35. The molecule has 1 aromatic rings. The first-order chi connectivity index (χ1) is 21.3. The van der Waals surface area contributed by atoms with Gasteiger partial charge in [0.1, 0.15) is 6.04 Å². The lowest BCUT2D eigenvalue weighted by molar-refractivity contribution is -0.197. The van der Waals surface area contributed by atoms with Gasteiger partial charge in [-0.15, -0.1) is 0 Å². The quantitative estimate of drug-likeness (QED) is 0.315. The number of carboxylic acids is 1. The van der Waals surface area contributed by atoms with E-state index in [-0.39, 0.29) is 63.1 Å². The van der Waals surface area contributed by atoms with E-state index in [0.717, 1.165) is 44.1 Å². The Bertz CT molecular complexity index is 1450. The highest BCUT2D eigenvalue weighted by molar-refractivity contribution is 5.95. The molecule has 1 aromatic carbocycles. The average Bonchev–Trinajstić information content (AvgIpc) is 2.96. The minimum Gasteiger partial charge on any atom is -0.480 e. The van der Waals surface area contributed by atoms with Crippen LogP contribution in [0.2, 0.25) is 0 Å². The van der Waals surface area contributed by atoms with Crippen molar-refractivity contribution in [2.45, 2.75) is 125 Å². The highest BCUT2D eigenvalue weighted by Gasteiger charge is 2.70. The molecule has 4 saturated carbocycles.